The molecule has 18 heteroatoms. The smallest absolute Gasteiger partial charge is 0.184 e. The summed E-state index contributed by atoms with van der Waals surface area (Å²) in [4.78, 5) is 65.8. The summed E-state index contributed by atoms with van der Waals surface area (Å²) in [5.74, 6) is 0. The molecule has 0 radical (unpaired) electrons. The molecule has 0 saturated heterocycles. The van der Waals surface area contributed by atoms with E-state index in [2.05, 4.69) is 382 Å². The van der Waals surface area contributed by atoms with Gasteiger partial charge in [0.15, 0.2) is 32.3 Å². The van der Waals surface area contributed by atoms with Crippen LogP contribution >= 0.6 is 0 Å². The second-order valence-electron chi connectivity index (χ2n) is 33.7. The Morgan fingerprint density at radius 1 is 0.113 bits per heavy atom. The number of pyridine rings is 14. The highest BCUT2D eigenvalue weighted by atomic mass is 28.3. The minimum atomic E-state index is -2.95. The first-order valence-electron chi connectivity index (χ1n) is 47.1. The zero-order chi connectivity index (χ0) is 95.7. The van der Waals surface area contributed by atoms with Crippen LogP contribution in [0.2, 0.25) is 0 Å². The minimum absolute atomic E-state index is 0.855. The molecule has 0 aliphatic rings. The first-order valence-corrected chi connectivity index (χ1v) is 55.1. The van der Waals surface area contributed by atoms with E-state index < -0.39 is 32.3 Å². The molecule has 9 aromatic carbocycles. The van der Waals surface area contributed by atoms with Crippen molar-refractivity contribution in [3.8, 4) is 79.1 Å². The average molecular weight is 1890 g/mol. The fraction of sp³-hybridized carbons (Fsp3) is 0. The van der Waals surface area contributed by atoms with Gasteiger partial charge in [0.2, 0.25) is 0 Å². The molecule has 0 amide bonds. The van der Waals surface area contributed by atoms with Crippen LogP contribution in [0.5, 0.6) is 0 Å². The zero-order valence-electron chi connectivity index (χ0n) is 77.5. The number of aromatic nitrogens is 14. The predicted molar refractivity (Wildman–Crippen MR) is 587 cm³/mol. The van der Waals surface area contributed by atoms with Crippen LogP contribution in [-0.4, -0.2) is 102 Å². The molecule has 0 spiro atoms. The maximum Gasteiger partial charge on any atom is 0.184 e. The van der Waals surface area contributed by atoms with Gasteiger partial charge in [0.1, 0.15) is 0 Å². The molecule has 0 N–H and O–H groups in total. The molecular formula is C124H94N14Si4. The van der Waals surface area contributed by atoms with Gasteiger partial charge in [-0.1, -0.05) is 328 Å². The molecule has 0 atom stereocenters. The third kappa shape index (κ3) is 18.4. The Morgan fingerprint density at radius 2 is 0.296 bits per heavy atom. The second-order valence-corrected chi connectivity index (χ2v) is 48.7. The first-order chi connectivity index (χ1) is 70.6. The highest BCUT2D eigenvalue weighted by Crippen LogP contribution is 2.29. The Hall–Kier alpha value is -18.1. The molecule has 0 bridgehead atoms. The number of hydrogen-bond donors (Lipinski definition) is 0. The van der Waals surface area contributed by atoms with Gasteiger partial charge in [-0.2, -0.15) is 0 Å². The summed E-state index contributed by atoms with van der Waals surface area (Å²) >= 11 is 0. The zero-order valence-corrected chi connectivity index (χ0v) is 81.5. The monoisotopic (exact) mass is 1890 g/mol. The highest BCUT2D eigenvalue weighted by molar-refractivity contribution is 7.23. The van der Waals surface area contributed by atoms with Gasteiger partial charge >= 0.3 is 0 Å². The van der Waals surface area contributed by atoms with Gasteiger partial charge in [-0.3, -0.25) is 69.8 Å². The van der Waals surface area contributed by atoms with Crippen LogP contribution in [0.4, 0.5) is 0 Å². The van der Waals surface area contributed by atoms with E-state index in [-0.39, 0.29) is 0 Å². The molecule has 14 nitrogen and oxygen atoms in total. The third-order valence-corrected chi connectivity index (χ3v) is 45.1. The molecule has 0 saturated carbocycles. The Kier molecular flexibility index (Phi) is 28.4. The maximum absolute atomic E-state index is 4.97. The molecule has 14 aromatic heterocycles. The molecule has 0 aliphatic heterocycles. The molecule has 23 aromatic rings. The molecule has 14 heterocycles. The van der Waals surface area contributed by atoms with Crippen LogP contribution in [0.1, 0.15) is 0 Å². The van der Waals surface area contributed by atoms with Crippen molar-refractivity contribution in [3.63, 3.8) is 0 Å². The van der Waals surface area contributed by atoms with Crippen LogP contribution in [0.25, 0.3) is 79.1 Å². The SMILES string of the molecule is c1ccc([Si](c2ccccc2)(c2ccccc2)c2cccnc2-c2ccccn2)cc1.c1ccc([Si](c2ccccc2)(c2cccnc2-c2cccnc2)c2cccnc2-c2ccccn2)cc1.c1ccc([Si](c2ccccc2)(c2cccnc2-c2cccnc2)c2cccnc2-c2cccnc2)cc1.c1ccc([Si](c2ccccc2)(c2cccnc2-c2ccncc2)c2cccnc2-c2ccncc2)cc1. The van der Waals surface area contributed by atoms with Gasteiger partial charge in [-0.05, 0) is 210 Å². The van der Waals surface area contributed by atoms with Crippen LogP contribution in [0, 0.1) is 0 Å². The van der Waals surface area contributed by atoms with E-state index in [1.165, 1.54) is 83.0 Å². The Labute approximate surface area is 830 Å². The lowest BCUT2D eigenvalue weighted by molar-refractivity contribution is 1.26. The van der Waals surface area contributed by atoms with Crippen molar-refractivity contribution in [1.82, 2.24) is 69.8 Å². The van der Waals surface area contributed by atoms with E-state index >= 15 is 0 Å². The van der Waals surface area contributed by atoms with Gasteiger partial charge in [0, 0.05) is 146 Å². The lowest BCUT2D eigenvalue weighted by atomic mass is 10.2. The van der Waals surface area contributed by atoms with Gasteiger partial charge in [0.05, 0.1) is 51.2 Å². The summed E-state index contributed by atoms with van der Waals surface area (Å²) in [6.07, 6.45) is 35.1. The van der Waals surface area contributed by atoms with E-state index in [1.807, 2.05) is 202 Å². The molecule has 676 valence electrons. The molecule has 0 unspecified atom stereocenters. The Morgan fingerprint density at radius 3 is 0.507 bits per heavy atom. The maximum atomic E-state index is 4.97. The average Bonchev–Trinajstić information content (AvgIpc) is 0.723. The van der Waals surface area contributed by atoms with Crippen molar-refractivity contribution in [3.05, 3.63) is 573 Å². The Balaban J connectivity index is 0.000000116. The van der Waals surface area contributed by atoms with Crippen molar-refractivity contribution in [1.29, 1.82) is 0 Å². The van der Waals surface area contributed by atoms with Gasteiger partial charge in [0.25, 0.3) is 0 Å². The lowest BCUT2D eigenvalue weighted by Crippen LogP contribution is -2.75. The summed E-state index contributed by atoms with van der Waals surface area (Å²) in [5.41, 5.74) is 13.4. The van der Waals surface area contributed by atoms with Gasteiger partial charge in [-0.15, -0.1) is 0 Å². The largest absolute Gasteiger partial charge is 0.265 e. The molecule has 0 aliphatic carbocycles. The second kappa shape index (κ2) is 44.0. The lowest BCUT2D eigenvalue weighted by Gasteiger charge is -2.36. The predicted octanol–water partition coefficient (Wildman–Crippen LogP) is 15.5. The molecule has 142 heavy (non-hydrogen) atoms. The summed E-state index contributed by atoms with van der Waals surface area (Å²) in [6, 6.07) is 160. The summed E-state index contributed by atoms with van der Waals surface area (Å²) in [5, 5.41) is 20.0. The van der Waals surface area contributed by atoms with Crippen molar-refractivity contribution < 1.29 is 0 Å². The number of rotatable bonds is 23. The van der Waals surface area contributed by atoms with Gasteiger partial charge in [-0.25, -0.2) is 0 Å². The fourth-order valence-electron chi connectivity index (χ4n) is 20.0. The van der Waals surface area contributed by atoms with Crippen molar-refractivity contribution in [2.45, 2.75) is 0 Å². The molecular weight excluding hydrogens is 1800 g/mol. The van der Waals surface area contributed by atoms with Crippen LogP contribution in [-0.2, 0) is 0 Å². The first kappa shape index (κ1) is 91.7. The summed E-state index contributed by atoms with van der Waals surface area (Å²) in [7, 11) is -11.4. The van der Waals surface area contributed by atoms with E-state index in [0.29, 0.717) is 0 Å². The van der Waals surface area contributed by atoms with Crippen molar-refractivity contribution >= 4 is 115 Å². The van der Waals surface area contributed by atoms with Crippen LogP contribution in [0.3, 0.4) is 0 Å². The Bertz CT molecular complexity index is 6920. The quantitative estimate of drug-likeness (QED) is 0.0436. The van der Waals surface area contributed by atoms with E-state index in [9.17, 15) is 0 Å². The van der Waals surface area contributed by atoms with Crippen LogP contribution < -0.4 is 83.0 Å². The number of hydrogen-bond acceptors (Lipinski definition) is 14. The number of nitrogens with zero attached hydrogens (tertiary/aromatic N) is 14. The van der Waals surface area contributed by atoms with E-state index in [1.54, 1.807) is 18.6 Å². The van der Waals surface area contributed by atoms with Crippen molar-refractivity contribution in [2.24, 2.45) is 0 Å². The summed E-state index contributed by atoms with van der Waals surface area (Å²) in [6.45, 7) is 0. The van der Waals surface area contributed by atoms with Crippen LogP contribution in [0.15, 0.2) is 573 Å². The normalized spacial score (nSPS) is 11.2. The minimum Gasteiger partial charge on any atom is -0.265 e. The van der Waals surface area contributed by atoms with Crippen molar-refractivity contribution in [2.75, 3.05) is 0 Å². The molecule has 23 rings (SSSR count). The highest BCUT2D eigenvalue weighted by Gasteiger charge is 2.50. The summed E-state index contributed by atoms with van der Waals surface area (Å²) < 4.78 is 0. The van der Waals surface area contributed by atoms with E-state index in [0.717, 1.165) is 79.1 Å². The third-order valence-electron chi connectivity index (χ3n) is 25.9. The number of benzene rings is 9. The van der Waals surface area contributed by atoms with E-state index in [4.69, 9.17) is 39.9 Å². The topological polar surface area (TPSA) is 180 Å². The molecule has 0 fully saturated rings. The fourth-order valence-corrected chi connectivity index (χ4v) is 40.1. The standard InChI is InChI=1S/3C32H24N4Si.C28H22N2Si/c1-3-13-27(14-4-1)37(28-15-5-2-6-16-28,29-17-9-21-35-31(29)25-11-7-19-33-23-25)30-18-10-22-36-32(30)26-12-8-20-34-24-26;1-3-9-27(10-4-1)37(28-11-5-2-6-12-28,29-13-7-19-35-31(29)25-15-21-33-22-16-25)30-14-8-20-36-32(30)26-17-23-34-24-18-26;1-3-13-26(14-4-1)37(27-15-5-2-6-16-27,29-18-10-22-35-31(29)25-12-9-20-33-24-25)30-19-11-23-36-32(30)28-17-7-8-21-34-28;1-4-13-23(14-5-1)31(24-15-6-2-7-16-24,25-17-8-3-9-18-25)27-20-12-22-30-28(27)26-19-10-11-21-29-26/h3*1-24H;1-22H. The van der Waals surface area contributed by atoms with Gasteiger partial charge < -0.3 is 0 Å².